The van der Waals surface area contributed by atoms with Crippen LogP contribution in [0.5, 0.6) is 5.75 Å². The molecule has 0 saturated heterocycles. The molecule has 134 valence electrons. The average Bonchev–Trinajstić information content (AvgIpc) is 2.53. The molecule has 0 aliphatic carbocycles. The zero-order valence-corrected chi connectivity index (χ0v) is 14.8. The van der Waals surface area contributed by atoms with Crippen molar-refractivity contribution in [1.29, 1.82) is 0 Å². The molecule has 0 fully saturated rings. The zero-order valence-electron chi connectivity index (χ0n) is 13.9. The second-order valence-corrected chi connectivity index (χ2v) is 6.54. The van der Waals surface area contributed by atoms with Crippen molar-refractivity contribution in [1.82, 2.24) is 9.62 Å². The largest absolute Gasteiger partial charge is 0.494 e. The highest BCUT2D eigenvalue weighted by Gasteiger charge is 2.26. The summed E-state index contributed by atoms with van der Waals surface area (Å²) in [4.78, 5) is 23.0. The van der Waals surface area contributed by atoms with Crippen LogP contribution >= 0.6 is 0 Å². The van der Waals surface area contributed by atoms with Gasteiger partial charge in [0.1, 0.15) is 5.75 Å². The molecule has 0 spiro atoms. The van der Waals surface area contributed by atoms with Crippen molar-refractivity contribution in [2.24, 2.45) is 0 Å². The maximum Gasteiger partial charge on any atom is 0.413 e. The van der Waals surface area contributed by atoms with E-state index in [2.05, 4.69) is 4.74 Å². The van der Waals surface area contributed by atoms with Gasteiger partial charge in [-0.3, -0.25) is 10.1 Å². The Morgan fingerprint density at radius 2 is 1.71 bits per heavy atom. The Morgan fingerprint density at radius 3 is 2.21 bits per heavy atom. The first-order chi connectivity index (χ1) is 11.3. The third-order valence-electron chi connectivity index (χ3n) is 2.96. The lowest BCUT2D eigenvalue weighted by molar-refractivity contribution is -0.120. The third-order valence-corrected chi connectivity index (χ3v) is 4.90. The summed E-state index contributed by atoms with van der Waals surface area (Å²) >= 11 is 0. The van der Waals surface area contributed by atoms with E-state index >= 15 is 0 Å². The molecule has 0 atom stereocenters. The first kappa shape index (κ1) is 19.9. The molecule has 0 bridgehead atoms. The van der Waals surface area contributed by atoms with E-state index in [4.69, 9.17) is 4.74 Å². The summed E-state index contributed by atoms with van der Waals surface area (Å²) in [7, 11) is -3.86. The monoisotopic (exact) mass is 358 g/mol. The standard InChI is InChI=1S/C15H22N2O6S/c1-4-17(11-14(18)16-15(19)23-6-3)24(20,21)13-9-7-12(8-10-13)22-5-2/h7-10H,4-6,11H2,1-3H3,(H,16,18,19). The van der Waals surface area contributed by atoms with Crippen LogP contribution in [-0.4, -0.2) is 51.0 Å². The highest BCUT2D eigenvalue weighted by Crippen LogP contribution is 2.19. The number of nitrogens with zero attached hydrogens (tertiary/aromatic N) is 1. The van der Waals surface area contributed by atoms with Crippen molar-refractivity contribution >= 4 is 22.0 Å². The Kier molecular flexibility index (Phi) is 7.66. The van der Waals surface area contributed by atoms with Gasteiger partial charge in [-0.05, 0) is 38.1 Å². The lowest BCUT2D eigenvalue weighted by atomic mass is 10.3. The second kappa shape index (κ2) is 9.24. The number of likely N-dealkylation sites (N-methyl/N-ethyl adjacent to an activating group) is 1. The van der Waals surface area contributed by atoms with Gasteiger partial charge in [-0.25, -0.2) is 13.2 Å². The molecule has 1 aromatic carbocycles. The molecule has 1 rings (SSSR count). The van der Waals surface area contributed by atoms with E-state index in [9.17, 15) is 18.0 Å². The van der Waals surface area contributed by atoms with Crippen LogP contribution in [0.15, 0.2) is 29.2 Å². The molecule has 24 heavy (non-hydrogen) atoms. The highest BCUT2D eigenvalue weighted by atomic mass is 32.2. The molecule has 0 saturated carbocycles. The van der Waals surface area contributed by atoms with Gasteiger partial charge in [-0.2, -0.15) is 4.31 Å². The number of amides is 2. The molecule has 0 aliphatic heterocycles. The molecule has 0 unspecified atom stereocenters. The van der Waals surface area contributed by atoms with E-state index in [0.29, 0.717) is 12.4 Å². The first-order valence-corrected chi connectivity index (χ1v) is 8.98. The Labute approximate surface area is 141 Å². The normalized spacial score (nSPS) is 11.2. The number of carbonyl (C=O) groups is 2. The molecule has 9 heteroatoms. The molecule has 2 amide bonds. The summed E-state index contributed by atoms with van der Waals surface area (Å²) in [5.41, 5.74) is 0. The summed E-state index contributed by atoms with van der Waals surface area (Å²) in [6.07, 6.45) is -0.906. The number of nitrogens with one attached hydrogen (secondary N) is 1. The topological polar surface area (TPSA) is 102 Å². The van der Waals surface area contributed by atoms with Crippen LogP contribution in [0, 0.1) is 0 Å². The van der Waals surface area contributed by atoms with E-state index in [0.717, 1.165) is 4.31 Å². The Balaban J connectivity index is 2.85. The van der Waals surface area contributed by atoms with Crippen molar-refractivity contribution in [3.8, 4) is 5.75 Å². The van der Waals surface area contributed by atoms with E-state index in [1.54, 1.807) is 26.0 Å². The van der Waals surface area contributed by atoms with Crippen molar-refractivity contribution in [3.63, 3.8) is 0 Å². The van der Waals surface area contributed by atoms with Crippen molar-refractivity contribution in [3.05, 3.63) is 24.3 Å². The summed E-state index contributed by atoms with van der Waals surface area (Å²) in [6.45, 7) is 5.20. The molecule has 8 nitrogen and oxygen atoms in total. The fourth-order valence-electron chi connectivity index (χ4n) is 1.87. The quantitative estimate of drug-likeness (QED) is 0.753. The number of hydrogen-bond donors (Lipinski definition) is 1. The number of ether oxygens (including phenoxy) is 2. The van der Waals surface area contributed by atoms with Gasteiger partial charge in [0.05, 0.1) is 24.7 Å². The predicted octanol–water partition coefficient (Wildman–Crippen LogP) is 1.37. The smallest absolute Gasteiger partial charge is 0.413 e. The highest BCUT2D eigenvalue weighted by molar-refractivity contribution is 7.89. The van der Waals surface area contributed by atoms with Crippen molar-refractivity contribution < 1.29 is 27.5 Å². The summed E-state index contributed by atoms with van der Waals surface area (Å²) in [5.74, 6) is -0.204. The fourth-order valence-corrected chi connectivity index (χ4v) is 3.28. The maximum atomic E-state index is 12.6. The Hall–Kier alpha value is -2.13. The fraction of sp³-hybridized carbons (Fsp3) is 0.467. The van der Waals surface area contributed by atoms with Gasteiger partial charge >= 0.3 is 6.09 Å². The molecule has 1 N–H and O–H groups in total. The lowest BCUT2D eigenvalue weighted by Gasteiger charge is -2.20. The maximum absolute atomic E-state index is 12.6. The van der Waals surface area contributed by atoms with Crippen LogP contribution in [0.25, 0.3) is 0 Å². The van der Waals surface area contributed by atoms with Crippen molar-refractivity contribution in [2.45, 2.75) is 25.7 Å². The summed E-state index contributed by atoms with van der Waals surface area (Å²) in [6, 6.07) is 5.91. The Morgan fingerprint density at radius 1 is 1.08 bits per heavy atom. The second-order valence-electron chi connectivity index (χ2n) is 4.60. The van der Waals surface area contributed by atoms with Gasteiger partial charge < -0.3 is 9.47 Å². The number of hydrogen-bond acceptors (Lipinski definition) is 6. The van der Waals surface area contributed by atoms with Crippen LogP contribution in [0.2, 0.25) is 0 Å². The summed E-state index contributed by atoms with van der Waals surface area (Å²) in [5, 5.41) is 1.97. The van der Waals surface area contributed by atoms with E-state index < -0.39 is 28.6 Å². The molecule has 0 aliphatic rings. The van der Waals surface area contributed by atoms with Gasteiger partial charge in [0, 0.05) is 6.54 Å². The van der Waals surface area contributed by atoms with Gasteiger partial charge in [0.25, 0.3) is 0 Å². The third kappa shape index (κ3) is 5.50. The van der Waals surface area contributed by atoms with Crippen LogP contribution in [0.1, 0.15) is 20.8 Å². The van der Waals surface area contributed by atoms with Crippen LogP contribution < -0.4 is 10.1 Å². The van der Waals surface area contributed by atoms with Crippen LogP contribution in [0.4, 0.5) is 4.79 Å². The molecule has 0 aromatic heterocycles. The van der Waals surface area contributed by atoms with E-state index in [1.165, 1.54) is 12.1 Å². The molecule has 0 radical (unpaired) electrons. The molecule has 1 aromatic rings. The SMILES string of the molecule is CCOC(=O)NC(=O)CN(CC)S(=O)(=O)c1ccc(OCC)cc1. The average molecular weight is 358 g/mol. The van der Waals surface area contributed by atoms with Gasteiger partial charge in [-0.15, -0.1) is 0 Å². The van der Waals surface area contributed by atoms with Crippen molar-refractivity contribution in [2.75, 3.05) is 26.3 Å². The molecular formula is C15H22N2O6S. The van der Waals surface area contributed by atoms with E-state index in [1.807, 2.05) is 12.2 Å². The van der Waals surface area contributed by atoms with Gasteiger partial charge in [0.15, 0.2) is 0 Å². The summed E-state index contributed by atoms with van der Waals surface area (Å²) < 4.78 is 36.0. The minimum absolute atomic E-state index is 0.0386. The first-order valence-electron chi connectivity index (χ1n) is 7.54. The molecule has 0 heterocycles. The number of alkyl carbamates (subject to hydrolysis) is 1. The number of carbonyl (C=O) groups excluding carboxylic acids is 2. The Bertz CT molecular complexity index is 657. The number of rotatable bonds is 8. The predicted molar refractivity (Wildman–Crippen MR) is 87.2 cm³/mol. The van der Waals surface area contributed by atoms with Gasteiger partial charge in [-0.1, -0.05) is 6.92 Å². The lowest BCUT2D eigenvalue weighted by Crippen LogP contribution is -2.42. The molecular weight excluding hydrogens is 336 g/mol. The minimum atomic E-state index is -3.86. The van der Waals surface area contributed by atoms with Crippen LogP contribution in [0.3, 0.4) is 0 Å². The number of sulfonamides is 1. The zero-order chi connectivity index (χ0) is 18.2. The minimum Gasteiger partial charge on any atom is -0.494 e. The van der Waals surface area contributed by atoms with Crippen LogP contribution in [-0.2, 0) is 19.6 Å². The number of imide groups is 1. The van der Waals surface area contributed by atoms with Gasteiger partial charge in [0.2, 0.25) is 15.9 Å². The van der Waals surface area contributed by atoms with E-state index in [-0.39, 0.29) is 18.0 Å². The number of benzene rings is 1.